The molecule has 0 saturated heterocycles. The Hall–Kier alpha value is -1.80. The maximum Gasteiger partial charge on any atom is 0.0596 e. The summed E-state index contributed by atoms with van der Waals surface area (Å²) in [6, 6.07) is 17.3. The van der Waals surface area contributed by atoms with Gasteiger partial charge in [-0.2, -0.15) is 0 Å². The lowest BCUT2D eigenvalue weighted by molar-refractivity contribution is 0.342. The van der Waals surface area contributed by atoms with Gasteiger partial charge in [0.25, 0.3) is 0 Å². The van der Waals surface area contributed by atoms with E-state index in [1.54, 1.807) is 0 Å². The van der Waals surface area contributed by atoms with Crippen LogP contribution in [0, 0.1) is 0 Å². The molecule has 0 radical (unpaired) electrons. The summed E-state index contributed by atoms with van der Waals surface area (Å²) in [6.45, 7) is 4.44. The summed E-state index contributed by atoms with van der Waals surface area (Å²) >= 11 is 0. The number of hydrogen-bond acceptors (Lipinski definition) is 2. The van der Waals surface area contributed by atoms with Gasteiger partial charge in [0.2, 0.25) is 0 Å². The van der Waals surface area contributed by atoms with Crippen LogP contribution in [0.2, 0.25) is 0 Å². The average Bonchev–Trinajstić information content (AvgIpc) is 2.41. The molecule has 0 aromatic heterocycles. The van der Waals surface area contributed by atoms with Crippen LogP contribution in [-0.4, -0.2) is 19.0 Å². The van der Waals surface area contributed by atoms with Crippen LogP contribution in [-0.2, 0) is 0 Å². The number of rotatable bonds is 4. The minimum atomic E-state index is 0.261. The van der Waals surface area contributed by atoms with Gasteiger partial charge in [-0.15, -0.1) is 0 Å². The Kier molecular flexibility index (Phi) is 4.46. The van der Waals surface area contributed by atoms with Gasteiger partial charge in [0.15, 0.2) is 0 Å². The standard InChI is InChI=1S/C18H24N2/c1-13(2)14-5-7-15(8-6-14)18(20(3)4)16-9-11-17(19)12-10-16/h5-13,18H,19H2,1-4H3. The summed E-state index contributed by atoms with van der Waals surface area (Å²) in [5.74, 6) is 0.568. The fourth-order valence-corrected chi connectivity index (χ4v) is 2.53. The number of benzene rings is 2. The second-order valence-corrected chi connectivity index (χ2v) is 5.85. The summed E-state index contributed by atoms with van der Waals surface area (Å²) in [5, 5.41) is 0. The predicted octanol–water partition coefficient (Wildman–Crippen LogP) is 4.04. The monoisotopic (exact) mass is 268 g/mol. The van der Waals surface area contributed by atoms with Gasteiger partial charge in [-0.1, -0.05) is 50.2 Å². The molecule has 0 saturated carbocycles. The van der Waals surface area contributed by atoms with Gasteiger partial charge >= 0.3 is 0 Å². The van der Waals surface area contributed by atoms with Crippen LogP contribution in [0.3, 0.4) is 0 Å². The molecule has 1 atom stereocenters. The fourth-order valence-electron chi connectivity index (χ4n) is 2.53. The first-order chi connectivity index (χ1) is 9.49. The van der Waals surface area contributed by atoms with E-state index >= 15 is 0 Å². The first kappa shape index (κ1) is 14.6. The van der Waals surface area contributed by atoms with Crippen molar-refractivity contribution in [2.45, 2.75) is 25.8 Å². The van der Waals surface area contributed by atoms with Gasteiger partial charge in [-0.05, 0) is 48.8 Å². The van der Waals surface area contributed by atoms with Gasteiger partial charge in [0.05, 0.1) is 6.04 Å². The van der Waals surface area contributed by atoms with Gasteiger partial charge < -0.3 is 5.73 Å². The third-order valence-corrected chi connectivity index (χ3v) is 3.69. The highest BCUT2D eigenvalue weighted by Gasteiger charge is 2.16. The van der Waals surface area contributed by atoms with Crippen molar-refractivity contribution < 1.29 is 0 Å². The Balaban J connectivity index is 2.35. The Morgan fingerprint density at radius 1 is 0.750 bits per heavy atom. The molecule has 2 rings (SSSR count). The SMILES string of the molecule is CC(C)c1ccc(C(c2ccc(N)cc2)N(C)C)cc1. The minimum Gasteiger partial charge on any atom is -0.399 e. The third kappa shape index (κ3) is 3.20. The molecule has 0 fully saturated rings. The van der Waals surface area contributed by atoms with Gasteiger partial charge in [0.1, 0.15) is 0 Å². The zero-order valence-corrected chi connectivity index (χ0v) is 12.8. The van der Waals surface area contributed by atoms with E-state index in [0.717, 1.165) is 5.69 Å². The van der Waals surface area contributed by atoms with E-state index in [4.69, 9.17) is 5.73 Å². The molecular weight excluding hydrogens is 244 g/mol. The molecule has 2 heteroatoms. The first-order valence-electron chi connectivity index (χ1n) is 7.10. The smallest absolute Gasteiger partial charge is 0.0596 e. The van der Waals surface area contributed by atoms with Crippen LogP contribution in [0.5, 0.6) is 0 Å². The molecule has 0 amide bonds. The molecule has 20 heavy (non-hydrogen) atoms. The van der Waals surface area contributed by atoms with E-state index in [1.165, 1.54) is 16.7 Å². The van der Waals surface area contributed by atoms with Crippen LogP contribution in [0.25, 0.3) is 0 Å². The Morgan fingerprint density at radius 3 is 1.55 bits per heavy atom. The summed E-state index contributed by atoms with van der Waals surface area (Å²) < 4.78 is 0. The van der Waals surface area contributed by atoms with E-state index < -0.39 is 0 Å². The summed E-state index contributed by atoms with van der Waals surface area (Å²) in [7, 11) is 4.22. The Bertz CT molecular complexity index is 539. The number of anilines is 1. The second-order valence-electron chi connectivity index (χ2n) is 5.85. The van der Waals surface area contributed by atoms with Crippen LogP contribution < -0.4 is 5.73 Å². The molecule has 106 valence electrons. The van der Waals surface area contributed by atoms with Gasteiger partial charge in [-0.25, -0.2) is 0 Å². The third-order valence-electron chi connectivity index (χ3n) is 3.69. The zero-order chi connectivity index (χ0) is 14.7. The van der Waals surface area contributed by atoms with Gasteiger partial charge in [-0.3, -0.25) is 4.90 Å². The Labute approximate surface area is 122 Å². The number of hydrogen-bond donors (Lipinski definition) is 1. The number of nitrogens with zero attached hydrogens (tertiary/aromatic N) is 1. The highest BCUT2D eigenvalue weighted by molar-refractivity contribution is 5.42. The molecule has 0 spiro atoms. The van der Waals surface area contributed by atoms with Crippen LogP contribution >= 0.6 is 0 Å². The summed E-state index contributed by atoms with van der Waals surface area (Å²) in [6.07, 6.45) is 0. The van der Waals surface area contributed by atoms with Crippen molar-refractivity contribution in [3.8, 4) is 0 Å². The molecule has 0 aliphatic heterocycles. The van der Waals surface area contributed by atoms with Crippen molar-refractivity contribution in [1.29, 1.82) is 0 Å². The molecule has 0 heterocycles. The highest BCUT2D eigenvalue weighted by atomic mass is 15.1. The summed E-state index contributed by atoms with van der Waals surface area (Å²) in [5.41, 5.74) is 10.5. The van der Waals surface area contributed by atoms with Crippen molar-refractivity contribution in [3.05, 3.63) is 65.2 Å². The maximum atomic E-state index is 5.78. The molecular formula is C18H24N2. The normalized spacial score (nSPS) is 12.9. The molecule has 2 aromatic rings. The van der Waals surface area contributed by atoms with Crippen LogP contribution in [0.4, 0.5) is 5.69 Å². The molecule has 2 nitrogen and oxygen atoms in total. The lowest BCUT2D eigenvalue weighted by Crippen LogP contribution is -2.21. The number of nitrogens with two attached hydrogens (primary N) is 1. The lowest BCUT2D eigenvalue weighted by Gasteiger charge is -2.26. The highest BCUT2D eigenvalue weighted by Crippen LogP contribution is 2.28. The predicted molar refractivity (Wildman–Crippen MR) is 86.9 cm³/mol. The lowest BCUT2D eigenvalue weighted by atomic mass is 9.94. The summed E-state index contributed by atoms with van der Waals surface area (Å²) in [4.78, 5) is 2.23. The second kappa shape index (κ2) is 6.10. The number of nitrogen functional groups attached to an aromatic ring is 1. The van der Waals surface area contributed by atoms with Crippen molar-refractivity contribution in [3.63, 3.8) is 0 Å². The molecule has 0 bridgehead atoms. The molecule has 2 N–H and O–H groups in total. The average molecular weight is 268 g/mol. The van der Waals surface area contributed by atoms with Crippen molar-refractivity contribution in [2.24, 2.45) is 0 Å². The first-order valence-corrected chi connectivity index (χ1v) is 7.10. The largest absolute Gasteiger partial charge is 0.399 e. The van der Waals surface area contributed by atoms with Gasteiger partial charge in [0, 0.05) is 5.69 Å². The zero-order valence-electron chi connectivity index (χ0n) is 12.8. The van der Waals surface area contributed by atoms with E-state index in [0.29, 0.717) is 5.92 Å². The van der Waals surface area contributed by atoms with Crippen molar-refractivity contribution in [1.82, 2.24) is 4.90 Å². The quantitative estimate of drug-likeness (QED) is 0.848. The van der Waals surface area contributed by atoms with E-state index in [9.17, 15) is 0 Å². The maximum absolute atomic E-state index is 5.78. The van der Waals surface area contributed by atoms with E-state index in [-0.39, 0.29) is 6.04 Å². The Morgan fingerprint density at radius 2 is 1.15 bits per heavy atom. The topological polar surface area (TPSA) is 29.3 Å². The molecule has 0 aliphatic carbocycles. The van der Waals surface area contributed by atoms with Crippen LogP contribution in [0.15, 0.2) is 48.5 Å². The van der Waals surface area contributed by atoms with E-state index in [2.05, 4.69) is 69.2 Å². The molecule has 1 unspecified atom stereocenters. The fraction of sp³-hybridized carbons (Fsp3) is 0.333. The molecule has 0 aliphatic rings. The molecule has 2 aromatic carbocycles. The minimum absolute atomic E-state index is 0.261. The van der Waals surface area contributed by atoms with Crippen LogP contribution in [0.1, 0.15) is 42.5 Å². The van der Waals surface area contributed by atoms with Crippen molar-refractivity contribution in [2.75, 3.05) is 19.8 Å². The van der Waals surface area contributed by atoms with Crippen molar-refractivity contribution >= 4 is 5.69 Å². The van der Waals surface area contributed by atoms with E-state index in [1.807, 2.05) is 12.1 Å².